The zero-order valence-electron chi connectivity index (χ0n) is 11.3. The number of nitro benzene ring substituents is 1. The molecule has 0 radical (unpaired) electrons. The normalized spacial score (nSPS) is 16.0. The van der Waals surface area contributed by atoms with Crippen LogP contribution in [-0.2, 0) is 0 Å². The molecule has 1 aromatic rings. The summed E-state index contributed by atoms with van der Waals surface area (Å²) >= 11 is 9.25. The van der Waals surface area contributed by atoms with E-state index >= 15 is 0 Å². The second-order valence-electron chi connectivity index (χ2n) is 4.74. The van der Waals surface area contributed by atoms with Crippen molar-refractivity contribution >= 4 is 39.1 Å². The zero-order valence-corrected chi connectivity index (χ0v) is 13.6. The molecule has 114 valence electrons. The van der Waals surface area contributed by atoms with Gasteiger partial charge in [-0.2, -0.15) is 0 Å². The standard InChI is InChI=1S/C13H15BrClN3O3/c14-3-4-16-5-7-17(8-6-16)13(19)11-9-10(15)1-2-12(11)18(20)21/h1-2,9H,3-8H2. The Hall–Kier alpha value is -1.18. The molecule has 0 atom stereocenters. The fraction of sp³-hybridized carbons (Fsp3) is 0.462. The van der Waals surface area contributed by atoms with Crippen LogP contribution >= 0.6 is 27.5 Å². The number of amides is 1. The van der Waals surface area contributed by atoms with Gasteiger partial charge in [0.25, 0.3) is 11.6 Å². The predicted octanol–water partition coefficient (Wildman–Crippen LogP) is 2.40. The average molecular weight is 377 g/mol. The quantitative estimate of drug-likeness (QED) is 0.460. The van der Waals surface area contributed by atoms with Gasteiger partial charge in [0.1, 0.15) is 5.56 Å². The Labute approximate surface area is 135 Å². The summed E-state index contributed by atoms with van der Waals surface area (Å²) in [7, 11) is 0. The van der Waals surface area contributed by atoms with Crippen LogP contribution in [0.5, 0.6) is 0 Å². The van der Waals surface area contributed by atoms with Crippen LogP contribution in [-0.4, -0.2) is 58.7 Å². The molecule has 21 heavy (non-hydrogen) atoms. The van der Waals surface area contributed by atoms with Crippen LogP contribution in [0.4, 0.5) is 5.69 Å². The minimum atomic E-state index is -0.551. The maximum absolute atomic E-state index is 12.5. The molecule has 6 nitrogen and oxygen atoms in total. The summed E-state index contributed by atoms with van der Waals surface area (Å²) in [4.78, 5) is 26.8. The molecule has 0 N–H and O–H groups in total. The Morgan fingerprint density at radius 2 is 2.00 bits per heavy atom. The highest BCUT2D eigenvalue weighted by Gasteiger charge is 2.27. The maximum atomic E-state index is 12.5. The smallest absolute Gasteiger partial charge is 0.282 e. The number of piperazine rings is 1. The van der Waals surface area contributed by atoms with Crippen LogP contribution in [0.3, 0.4) is 0 Å². The summed E-state index contributed by atoms with van der Waals surface area (Å²) in [5.41, 5.74) is -0.145. The molecule has 2 rings (SSSR count). The van der Waals surface area contributed by atoms with Gasteiger partial charge in [0.15, 0.2) is 0 Å². The lowest BCUT2D eigenvalue weighted by Gasteiger charge is -2.34. The number of carbonyl (C=O) groups excluding carboxylic acids is 1. The maximum Gasteiger partial charge on any atom is 0.282 e. The predicted molar refractivity (Wildman–Crippen MR) is 84.2 cm³/mol. The summed E-state index contributed by atoms with van der Waals surface area (Å²) in [6.07, 6.45) is 0. The number of rotatable bonds is 4. The van der Waals surface area contributed by atoms with Crippen molar-refractivity contribution in [2.75, 3.05) is 38.1 Å². The molecule has 1 saturated heterocycles. The Balaban J connectivity index is 2.14. The van der Waals surface area contributed by atoms with Crippen LogP contribution in [0.15, 0.2) is 18.2 Å². The largest absolute Gasteiger partial charge is 0.336 e. The van der Waals surface area contributed by atoms with Gasteiger partial charge in [-0.05, 0) is 12.1 Å². The van der Waals surface area contributed by atoms with Crippen molar-refractivity contribution in [1.82, 2.24) is 9.80 Å². The number of benzene rings is 1. The third-order valence-electron chi connectivity index (χ3n) is 3.45. The van der Waals surface area contributed by atoms with Gasteiger partial charge in [0.2, 0.25) is 0 Å². The van der Waals surface area contributed by atoms with Crippen LogP contribution in [0, 0.1) is 10.1 Å². The van der Waals surface area contributed by atoms with E-state index in [1.54, 1.807) is 4.90 Å². The van der Waals surface area contributed by atoms with E-state index in [9.17, 15) is 14.9 Å². The zero-order chi connectivity index (χ0) is 15.4. The van der Waals surface area contributed by atoms with E-state index in [-0.39, 0.29) is 17.2 Å². The van der Waals surface area contributed by atoms with Crippen molar-refractivity contribution in [3.63, 3.8) is 0 Å². The molecule has 1 fully saturated rings. The first-order chi connectivity index (χ1) is 10.0. The summed E-state index contributed by atoms with van der Waals surface area (Å²) in [5, 5.41) is 12.2. The van der Waals surface area contributed by atoms with Gasteiger partial charge in [-0.15, -0.1) is 0 Å². The molecule has 1 amide bonds. The molecule has 0 aliphatic carbocycles. The van der Waals surface area contributed by atoms with E-state index in [0.717, 1.165) is 25.0 Å². The van der Waals surface area contributed by atoms with Gasteiger partial charge in [0, 0.05) is 49.1 Å². The van der Waals surface area contributed by atoms with Crippen molar-refractivity contribution in [1.29, 1.82) is 0 Å². The number of alkyl halides is 1. The van der Waals surface area contributed by atoms with Crippen LogP contribution in [0.2, 0.25) is 5.02 Å². The molecule has 1 aliphatic rings. The molecular formula is C13H15BrClN3O3. The lowest BCUT2D eigenvalue weighted by atomic mass is 10.1. The Morgan fingerprint density at radius 1 is 1.33 bits per heavy atom. The van der Waals surface area contributed by atoms with Crippen molar-refractivity contribution in [3.8, 4) is 0 Å². The molecule has 1 aliphatic heterocycles. The van der Waals surface area contributed by atoms with Crippen molar-refractivity contribution in [2.45, 2.75) is 0 Å². The Kier molecular flexibility index (Phi) is 5.55. The number of hydrogen-bond acceptors (Lipinski definition) is 4. The summed E-state index contributed by atoms with van der Waals surface area (Å²) in [6.45, 7) is 3.60. The second kappa shape index (κ2) is 7.20. The third-order valence-corrected chi connectivity index (χ3v) is 4.04. The number of carbonyl (C=O) groups is 1. The summed E-state index contributed by atoms with van der Waals surface area (Å²) < 4.78 is 0. The first-order valence-electron chi connectivity index (χ1n) is 6.54. The summed E-state index contributed by atoms with van der Waals surface area (Å²) in [6, 6.07) is 4.06. The van der Waals surface area contributed by atoms with Gasteiger partial charge in [-0.25, -0.2) is 0 Å². The SMILES string of the molecule is O=C(c1cc(Cl)ccc1[N+](=O)[O-])N1CCN(CCBr)CC1. The van der Waals surface area contributed by atoms with Gasteiger partial charge < -0.3 is 4.90 Å². The van der Waals surface area contributed by atoms with Crippen LogP contribution < -0.4 is 0 Å². The van der Waals surface area contributed by atoms with Crippen molar-refractivity contribution < 1.29 is 9.72 Å². The minimum absolute atomic E-state index is 0.0569. The number of nitrogens with zero attached hydrogens (tertiary/aromatic N) is 3. The third kappa shape index (κ3) is 3.93. The van der Waals surface area contributed by atoms with Crippen molar-refractivity contribution in [2.24, 2.45) is 0 Å². The van der Waals surface area contributed by atoms with Gasteiger partial charge in [-0.1, -0.05) is 27.5 Å². The van der Waals surface area contributed by atoms with E-state index in [2.05, 4.69) is 20.8 Å². The van der Waals surface area contributed by atoms with E-state index in [1.807, 2.05) is 0 Å². The van der Waals surface area contributed by atoms with Gasteiger partial charge in [-0.3, -0.25) is 19.8 Å². The van der Waals surface area contributed by atoms with Gasteiger partial charge in [0.05, 0.1) is 4.92 Å². The molecule has 1 aromatic carbocycles. The summed E-state index contributed by atoms with van der Waals surface area (Å²) in [5.74, 6) is -0.331. The first kappa shape index (κ1) is 16.2. The van der Waals surface area contributed by atoms with E-state index in [4.69, 9.17) is 11.6 Å². The second-order valence-corrected chi connectivity index (χ2v) is 5.97. The molecular weight excluding hydrogens is 362 g/mol. The Morgan fingerprint density at radius 3 is 2.57 bits per heavy atom. The van der Waals surface area contributed by atoms with Gasteiger partial charge >= 0.3 is 0 Å². The number of nitro groups is 1. The lowest BCUT2D eigenvalue weighted by molar-refractivity contribution is -0.385. The monoisotopic (exact) mass is 375 g/mol. The molecule has 0 bridgehead atoms. The fourth-order valence-corrected chi connectivity index (χ4v) is 2.98. The highest BCUT2D eigenvalue weighted by molar-refractivity contribution is 9.09. The van der Waals surface area contributed by atoms with Crippen molar-refractivity contribution in [3.05, 3.63) is 38.9 Å². The number of halogens is 2. The molecule has 0 unspecified atom stereocenters. The van der Waals surface area contributed by atoms with E-state index in [1.165, 1.54) is 18.2 Å². The first-order valence-corrected chi connectivity index (χ1v) is 8.04. The van der Waals surface area contributed by atoms with E-state index in [0.29, 0.717) is 18.1 Å². The average Bonchev–Trinajstić information content (AvgIpc) is 2.47. The molecule has 0 saturated carbocycles. The van der Waals surface area contributed by atoms with E-state index < -0.39 is 4.92 Å². The highest BCUT2D eigenvalue weighted by atomic mass is 79.9. The lowest BCUT2D eigenvalue weighted by Crippen LogP contribution is -2.49. The Bertz CT molecular complexity index is 547. The topological polar surface area (TPSA) is 66.7 Å². The fourth-order valence-electron chi connectivity index (χ4n) is 2.30. The van der Waals surface area contributed by atoms with Crippen LogP contribution in [0.25, 0.3) is 0 Å². The molecule has 1 heterocycles. The molecule has 0 spiro atoms. The number of hydrogen-bond donors (Lipinski definition) is 0. The molecule has 8 heteroatoms. The highest BCUT2D eigenvalue weighted by Crippen LogP contribution is 2.24. The molecule has 0 aromatic heterocycles. The minimum Gasteiger partial charge on any atom is -0.336 e. The van der Waals surface area contributed by atoms with Crippen LogP contribution in [0.1, 0.15) is 10.4 Å².